The molecule has 0 aromatic heterocycles. The second-order valence-corrected chi connectivity index (χ2v) is 7.93. The number of halogens is 4. The predicted octanol–water partition coefficient (Wildman–Crippen LogP) is 5.27. The third kappa shape index (κ3) is 4.00. The first-order valence-electron chi connectivity index (χ1n) is 10.1. The number of allylic oxidation sites excluding steroid dienone is 1. The Kier molecular flexibility index (Phi) is 6.42. The molecule has 0 saturated carbocycles. The summed E-state index contributed by atoms with van der Waals surface area (Å²) in [5.41, 5.74) is 7.34. The van der Waals surface area contributed by atoms with E-state index in [1.165, 1.54) is 6.07 Å². The second kappa shape index (κ2) is 8.75. The van der Waals surface area contributed by atoms with Gasteiger partial charge in [-0.3, -0.25) is 0 Å². The molecule has 0 heterocycles. The highest BCUT2D eigenvalue weighted by Crippen LogP contribution is 2.47. The van der Waals surface area contributed by atoms with E-state index in [2.05, 4.69) is 0 Å². The van der Waals surface area contributed by atoms with E-state index in [9.17, 15) is 27.9 Å². The highest BCUT2D eigenvalue weighted by Gasteiger charge is 2.49. The van der Waals surface area contributed by atoms with Crippen LogP contribution in [-0.4, -0.2) is 17.2 Å². The van der Waals surface area contributed by atoms with Crippen molar-refractivity contribution in [1.29, 1.82) is 10.7 Å². The smallest absolute Gasteiger partial charge is 0.281 e. The Morgan fingerprint density at radius 3 is 2.69 bits per heavy atom. The number of rotatable bonds is 6. The maximum absolute atomic E-state index is 14.6. The molecule has 0 amide bonds. The second-order valence-electron chi connectivity index (χ2n) is 7.93. The first-order valence-corrected chi connectivity index (χ1v) is 10.1. The van der Waals surface area contributed by atoms with Crippen LogP contribution in [0.1, 0.15) is 71.5 Å². The molecule has 1 aliphatic rings. The molecular weight excluding hydrogens is 422 g/mol. The van der Waals surface area contributed by atoms with E-state index in [0.717, 1.165) is 18.3 Å². The first-order chi connectivity index (χ1) is 15.0. The van der Waals surface area contributed by atoms with Crippen molar-refractivity contribution in [3.8, 4) is 6.07 Å². The van der Waals surface area contributed by atoms with Gasteiger partial charge in [-0.25, -0.2) is 17.6 Å². The largest absolute Gasteiger partial charge is 0.398 e. The van der Waals surface area contributed by atoms with Crippen LogP contribution in [-0.2, 0) is 12.8 Å². The molecule has 0 radical (unpaired) electrons. The average molecular weight is 445 g/mol. The lowest BCUT2D eigenvalue weighted by Gasteiger charge is -2.19. The summed E-state index contributed by atoms with van der Waals surface area (Å²) in [5.74, 6) is -4.19. The van der Waals surface area contributed by atoms with Crippen molar-refractivity contribution in [2.45, 2.75) is 51.3 Å². The average Bonchev–Trinajstić information content (AvgIpc) is 3.02. The Balaban J connectivity index is 2.24. The molecule has 0 bridgehead atoms. The van der Waals surface area contributed by atoms with Crippen LogP contribution in [0.5, 0.6) is 0 Å². The number of nitriles is 1. The van der Waals surface area contributed by atoms with Crippen LogP contribution >= 0.6 is 0 Å². The van der Waals surface area contributed by atoms with Gasteiger partial charge in [0, 0.05) is 23.9 Å². The number of hydrogen-bond donors (Lipinski definition) is 3. The number of alkyl halides is 3. The molecule has 0 spiro atoms. The summed E-state index contributed by atoms with van der Waals surface area (Å²) in [5, 5.41) is 27.2. The molecule has 0 saturated heterocycles. The van der Waals surface area contributed by atoms with Gasteiger partial charge in [0.05, 0.1) is 11.6 Å². The van der Waals surface area contributed by atoms with Crippen LogP contribution in [0.4, 0.5) is 17.6 Å². The van der Waals surface area contributed by atoms with Crippen molar-refractivity contribution < 1.29 is 22.7 Å². The number of aliphatic hydroxyl groups is 1. The summed E-state index contributed by atoms with van der Waals surface area (Å²) in [7, 11) is 0. The van der Waals surface area contributed by atoms with Gasteiger partial charge >= 0.3 is 0 Å². The summed E-state index contributed by atoms with van der Waals surface area (Å²) < 4.78 is 57.6. The minimum atomic E-state index is -3.44. The van der Waals surface area contributed by atoms with Gasteiger partial charge in [0.15, 0.2) is 0 Å². The zero-order chi connectivity index (χ0) is 23.8. The summed E-state index contributed by atoms with van der Waals surface area (Å²) >= 11 is 0. The summed E-state index contributed by atoms with van der Waals surface area (Å²) in [4.78, 5) is 0. The molecule has 0 aliphatic heterocycles. The molecule has 4 nitrogen and oxygen atoms in total. The lowest BCUT2D eigenvalue weighted by Crippen LogP contribution is -2.22. The number of aliphatic hydroxyl groups excluding tert-OH is 1. The molecule has 3 rings (SSSR count). The third-order valence-corrected chi connectivity index (χ3v) is 5.90. The van der Waals surface area contributed by atoms with Crippen LogP contribution < -0.4 is 5.73 Å². The lowest BCUT2D eigenvalue weighted by atomic mass is 9.87. The summed E-state index contributed by atoms with van der Waals surface area (Å²) in [6.07, 6.45) is -3.42. The number of benzene rings is 2. The topological polar surface area (TPSA) is 93.9 Å². The van der Waals surface area contributed by atoms with Crippen LogP contribution in [0.3, 0.4) is 0 Å². The molecular formula is C24H23F4N3O. The van der Waals surface area contributed by atoms with E-state index in [-0.39, 0.29) is 51.9 Å². The molecule has 8 heteroatoms. The Hall–Kier alpha value is -3.18. The Morgan fingerprint density at radius 1 is 1.41 bits per heavy atom. The highest BCUT2D eigenvalue weighted by molar-refractivity contribution is 5.89. The van der Waals surface area contributed by atoms with Gasteiger partial charge in [-0.05, 0) is 65.3 Å². The summed E-state index contributed by atoms with van der Waals surface area (Å²) in [6.45, 7) is 3.13. The molecule has 1 aliphatic carbocycles. The van der Waals surface area contributed by atoms with Crippen LogP contribution in [0.25, 0.3) is 5.70 Å². The number of nitrogens with zero attached hydrogens (tertiary/aromatic N) is 1. The fourth-order valence-corrected chi connectivity index (χ4v) is 4.11. The fourth-order valence-electron chi connectivity index (χ4n) is 4.11. The molecule has 168 valence electrons. The number of hydrogen-bond acceptors (Lipinski definition) is 4. The molecule has 4 N–H and O–H groups in total. The van der Waals surface area contributed by atoms with Gasteiger partial charge < -0.3 is 16.2 Å². The van der Waals surface area contributed by atoms with E-state index in [0.29, 0.717) is 11.1 Å². The number of nitrogens with one attached hydrogen (secondary N) is 1. The van der Waals surface area contributed by atoms with Gasteiger partial charge in [0.1, 0.15) is 18.1 Å². The van der Waals surface area contributed by atoms with Gasteiger partial charge in [-0.1, -0.05) is 19.1 Å². The Labute approximate surface area is 183 Å². The molecule has 2 unspecified atom stereocenters. The van der Waals surface area contributed by atoms with Crippen molar-refractivity contribution in [1.82, 2.24) is 0 Å². The SMILES string of the molecule is CCC(F)c1cc(F)cc(C#N)c1Cc1ccc(/C(N)=C(\C)C=N)c2c1CC(F)(F)C2O. The maximum Gasteiger partial charge on any atom is 0.281 e. The van der Waals surface area contributed by atoms with Gasteiger partial charge in [0.2, 0.25) is 0 Å². The predicted molar refractivity (Wildman–Crippen MR) is 114 cm³/mol. The fraction of sp³-hybridized carbons (Fsp3) is 0.333. The van der Waals surface area contributed by atoms with Crippen LogP contribution in [0.2, 0.25) is 0 Å². The third-order valence-electron chi connectivity index (χ3n) is 5.90. The number of fused-ring (bicyclic) bond motifs is 1. The Morgan fingerprint density at radius 2 is 2.09 bits per heavy atom. The minimum absolute atomic E-state index is 0.00578. The minimum Gasteiger partial charge on any atom is -0.398 e. The van der Waals surface area contributed by atoms with Gasteiger partial charge in [-0.15, -0.1) is 0 Å². The van der Waals surface area contributed by atoms with E-state index >= 15 is 0 Å². The van der Waals surface area contributed by atoms with Crippen molar-refractivity contribution in [2.75, 3.05) is 0 Å². The van der Waals surface area contributed by atoms with E-state index in [1.807, 2.05) is 6.07 Å². The standard InChI is InChI=1S/C24H23F4N3O/c1-3-20(26)18-8-15(25)6-14(11-30)17(18)7-13-4-5-16(22(31)12(2)10-29)21-19(13)9-24(27,28)23(21)32/h4-6,8,10,20,23,29,32H,3,7,9,31H2,1-2H3/b22-12-,29-10?. The van der Waals surface area contributed by atoms with Crippen molar-refractivity contribution in [3.63, 3.8) is 0 Å². The highest BCUT2D eigenvalue weighted by atomic mass is 19.3. The van der Waals surface area contributed by atoms with Gasteiger partial charge in [-0.2, -0.15) is 5.26 Å². The first kappa shape index (κ1) is 23.5. The normalized spacial score (nSPS) is 18.5. The number of nitrogens with two attached hydrogens (primary N) is 1. The lowest BCUT2D eigenvalue weighted by molar-refractivity contribution is -0.0969. The van der Waals surface area contributed by atoms with Crippen molar-refractivity contribution >= 4 is 11.9 Å². The van der Waals surface area contributed by atoms with E-state index in [1.54, 1.807) is 19.9 Å². The molecule has 2 aromatic carbocycles. The monoisotopic (exact) mass is 445 g/mol. The molecule has 2 atom stereocenters. The summed E-state index contributed by atoms with van der Waals surface area (Å²) in [6, 6.07) is 6.90. The molecule has 0 fully saturated rings. The van der Waals surface area contributed by atoms with E-state index < -0.39 is 30.4 Å². The van der Waals surface area contributed by atoms with Crippen molar-refractivity contribution in [2.24, 2.45) is 5.73 Å². The zero-order valence-electron chi connectivity index (χ0n) is 17.6. The molecule has 2 aromatic rings. The van der Waals surface area contributed by atoms with Gasteiger partial charge in [0.25, 0.3) is 5.92 Å². The molecule has 32 heavy (non-hydrogen) atoms. The van der Waals surface area contributed by atoms with Crippen LogP contribution in [0.15, 0.2) is 29.8 Å². The zero-order valence-corrected chi connectivity index (χ0v) is 17.6. The van der Waals surface area contributed by atoms with Crippen LogP contribution in [0, 0.1) is 22.6 Å². The van der Waals surface area contributed by atoms with E-state index in [4.69, 9.17) is 11.1 Å². The quantitative estimate of drug-likeness (QED) is 0.418. The maximum atomic E-state index is 14.6. The Bertz CT molecular complexity index is 1150. The van der Waals surface area contributed by atoms with Crippen molar-refractivity contribution in [3.05, 3.63) is 74.6 Å².